The molecule has 7 nitrogen and oxygen atoms in total. The van der Waals surface area contributed by atoms with E-state index in [-0.39, 0.29) is 23.2 Å². The Balaban J connectivity index is 1.89. The molecule has 1 aromatic heterocycles. The van der Waals surface area contributed by atoms with Crippen molar-refractivity contribution < 1.29 is 14.3 Å². The molecule has 0 spiro atoms. The van der Waals surface area contributed by atoms with Crippen LogP contribution in [0.4, 0.5) is 5.69 Å². The molecule has 0 fully saturated rings. The summed E-state index contributed by atoms with van der Waals surface area (Å²) in [6, 6.07) is 14.4. The SMILES string of the molecule is COC(=O)Cn1c(S[C@H](C)C(=O)Nc2ccc(C)cc2)nc2ccccc2c1=O. The van der Waals surface area contributed by atoms with E-state index in [1.807, 2.05) is 31.2 Å². The van der Waals surface area contributed by atoms with E-state index in [0.29, 0.717) is 16.6 Å². The van der Waals surface area contributed by atoms with E-state index in [1.165, 1.54) is 11.7 Å². The summed E-state index contributed by atoms with van der Waals surface area (Å²) in [5, 5.41) is 2.98. The first kappa shape index (κ1) is 20.6. The minimum atomic E-state index is -0.567. The molecule has 0 unspecified atom stereocenters. The minimum Gasteiger partial charge on any atom is -0.468 e. The van der Waals surface area contributed by atoms with Crippen LogP contribution in [0.15, 0.2) is 58.5 Å². The lowest BCUT2D eigenvalue weighted by atomic mass is 10.2. The fourth-order valence-electron chi connectivity index (χ4n) is 2.66. The van der Waals surface area contributed by atoms with E-state index in [4.69, 9.17) is 4.74 Å². The zero-order valence-corrected chi connectivity index (χ0v) is 17.2. The van der Waals surface area contributed by atoms with Crippen molar-refractivity contribution >= 4 is 40.2 Å². The van der Waals surface area contributed by atoms with Gasteiger partial charge in [-0.05, 0) is 38.1 Å². The van der Waals surface area contributed by atoms with E-state index in [9.17, 15) is 14.4 Å². The molecule has 3 aromatic rings. The molecule has 0 aliphatic rings. The number of anilines is 1. The Morgan fingerprint density at radius 3 is 2.55 bits per heavy atom. The first-order valence-corrected chi connectivity index (χ1v) is 9.87. The van der Waals surface area contributed by atoms with Crippen molar-refractivity contribution in [3.63, 3.8) is 0 Å². The summed E-state index contributed by atoms with van der Waals surface area (Å²) in [6.45, 7) is 3.41. The number of benzene rings is 2. The van der Waals surface area contributed by atoms with Gasteiger partial charge in [-0.1, -0.05) is 41.6 Å². The van der Waals surface area contributed by atoms with Crippen molar-refractivity contribution in [2.24, 2.45) is 0 Å². The van der Waals surface area contributed by atoms with Crippen molar-refractivity contribution in [1.29, 1.82) is 0 Å². The lowest BCUT2D eigenvalue weighted by Gasteiger charge is -2.16. The van der Waals surface area contributed by atoms with Gasteiger partial charge in [0.1, 0.15) is 6.54 Å². The van der Waals surface area contributed by atoms with E-state index >= 15 is 0 Å². The van der Waals surface area contributed by atoms with Crippen molar-refractivity contribution in [3.05, 3.63) is 64.4 Å². The third kappa shape index (κ3) is 4.83. The molecule has 0 bridgehead atoms. The Bertz CT molecular complexity index is 1110. The number of nitrogens with one attached hydrogen (secondary N) is 1. The molecule has 1 heterocycles. The Morgan fingerprint density at radius 2 is 1.86 bits per heavy atom. The molecular formula is C21H21N3O4S. The number of esters is 1. The third-order valence-corrected chi connectivity index (χ3v) is 5.40. The molecule has 3 rings (SSSR count). The Kier molecular flexibility index (Phi) is 6.33. The number of aromatic nitrogens is 2. The lowest BCUT2D eigenvalue weighted by molar-refractivity contribution is -0.141. The number of rotatable bonds is 6. The molecule has 1 amide bonds. The smallest absolute Gasteiger partial charge is 0.325 e. The standard InChI is InChI=1S/C21H21N3O4S/c1-13-8-10-15(11-9-13)22-19(26)14(2)29-21-23-17-7-5-4-6-16(17)20(27)24(21)12-18(25)28-3/h4-11,14H,12H2,1-3H3,(H,22,26)/t14-/m1/s1. The molecule has 29 heavy (non-hydrogen) atoms. The summed E-state index contributed by atoms with van der Waals surface area (Å²) in [4.78, 5) is 41.8. The van der Waals surface area contributed by atoms with Crippen LogP contribution in [0.2, 0.25) is 0 Å². The van der Waals surface area contributed by atoms with Gasteiger partial charge in [0.2, 0.25) is 5.91 Å². The summed E-state index contributed by atoms with van der Waals surface area (Å²) in [5.74, 6) is -0.798. The van der Waals surface area contributed by atoms with Gasteiger partial charge in [0.05, 0.1) is 23.3 Å². The van der Waals surface area contributed by atoms with Crippen molar-refractivity contribution in [3.8, 4) is 0 Å². The molecule has 0 radical (unpaired) electrons. The van der Waals surface area contributed by atoms with Crippen LogP contribution in [0.1, 0.15) is 12.5 Å². The number of carbonyl (C=O) groups excluding carboxylic acids is 2. The maximum atomic E-state index is 12.9. The molecule has 8 heteroatoms. The van der Waals surface area contributed by atoms with Gasteiger partial charge in [-0.3, -0.25) is 19.0 Å². The Hall–Kier alpha value is -3.13. The maximum absolute atomic E-state index is 12.9. The highest BCUT2D eigenvalue weighted by molar-refractivity contribution is 8.00. The minimum absolute atomic E-state index is 0.231. The number of para-hydroxylation sites is 1. The van der Waals surface area contributed by atoms with E-state index in [1.54, 1.807) is 31.2 Å². The van der Waals surface area contributed by atoms with Crippen molar-refractivity contribution in [2.45, 2.75) is 30.8 Å². The normalized spacial score (nSPS) is 11.8. The van der Waals surface area contributed by atoms with Gasteiger partial charge in [0.25, 0.3) is 5.56 Å². The van der Waals surface area contributed by atoms with Crippen LogP contribution in [-0.4, -0.2) is 33.8 Å². The molecule has 1 atom stereocenters. The molecule has 2 aromatic carbocycles. The van der Waals surface area contributed by atoms with Crippen LogP contribution in [0.3, 0.4) is 0 Å². The Morgan fingerprint density at radius 1 is 1.17 bits per heavy atom. The number of aryl methyl sites for hydroxylation is 1. The molecular weight excluding hydrogens is 390 g/mol. The highest BCUT2D eigenvalue weighted by Gasteiger charge is 2.21. The summed E-state index contributed by atoms with van der Waals surface area (Å²) in [5.41, 5.74) is 1.94. The van der Waals surface area contributed by atoms with Gasteiger partial charge < -0.3 is 10.1 Å². The van der Waals surface area contributed by atoms with Crippen LogP contribution in [0.25, 0.3) is 10.9 Å². The van der Waals surface area contributed by atoms with Crippen LogP contribution in [0, 0.1) is 6.92 Å². The number of carbonyl (C=O) groups is 2. The van der Waals surface area contributed by atoms with Crippen LogP contribution in [-0.2, 0) is 20.9 Å². The first-order chi connectivity index (χ1) is 13.9. The van der Waals surface area contributed by atoms with E-state index in [0.717, 1.165) is 17.3 Å². The van der Waals surface area contributed by atoms with Gasteiger partial charge >= 0.3 is 5.97 Å². The first-order valence-electron chi connectivity index (χ1n) is 8.99. The van der Waals surface area contributed by atoms with E-state index in [2.05, 4.69) is 10.3 Å². The number of ether oxygens (including phenoxy) is 1. The second kappa shape index (κ2) is 8.91. The van der Waals surface area contributed by atoms with Crippen molar-refractivity contribution in [2.75, 3.05) is 12.4 Å². The Labute approximate surface area is 172 Å². The van der Waals surface area contributed by atoms with Crippen LogP contribution < -0.4 is 10.9 Å². The van der Waals surface area contributed by atoms with Gasteiger partial charge in [-0.2, -0.15) is 0 Å². The average Bonchev–Trinajstić information content (AvgIpc) is 2.72. The summed E-state index contributed by atoms with van der Waals surface area (Å²) in [7, 11) is 1.26. The van der Waals surface area contributed by atoms with Gasteiger partial charge in [-0.25, -0.2) is 4.98 Å². The largest absolute Gasteiger partial charge is 0.468 e. The van der Waals surface area contributed by atoms with Gasteiger partial charge in [0.15, 0.2) is 5.16 Å². The fourth-order valence-corrected chi connectivity index (χ4v) is 3.57. The number of thioether (sulfide) groups is 1. The zero-order chi connectivity index (χ0) is 21.0. The second-order valence-electron chi connectivity index (χ2n) is 6.49. The quantitative estimate of drug-likeness (QED) is 0.381. The summed E-state index contributed by atoms with van der Waals surface area (Å²) in [6.07, 6.45) is 0. The van der Waals surface area contributed by atoms with E-state index < -0.39 is 11.2 Å². The predicted molar refractivity (Wildman–Crippen MR) is 113 cm³/mol. The summed E-state index contributed by atoms with van der Waals surface area (Å²) >= 11 is 1.11. The number of hydrogen-bond acceptors (Lipinski definition) is 6. The molecule has 0 aliphatic heterocycles. The van der Waals surface area contributed by atoms with Crippen LogP contribution >= 0.6 is 11.8 Å². The third-order valence-electron chi connectivity index (χ3n) is 4.31. The topological polar surface area (TPSA) is 90.3 Å². The van der Waals surface area contributed by atoms with Crippen LogP contribution in [0.5, 0.6) is 0 Å². The highest BCUT2D eigenvalue weighted by atomic mass is 32.2. The lowest BCUT2D eigenvalue weighted by Crippen LogP contribution is -2.29. The molecule has 0 aliphatic carbocycles. The average molecular weight is 411 g/mol. The molecule has 0 saturated carbocycles. The predicted octanol–water partition coefficient (Wildman–Crippen LogP) is 3.00. The number of amides is 1. The number of hydrogen-bond donors (Lipinski definition) is 1. The van der Waals surface area contributed by atoms with Gasteiger partial charge in [-0.15, -0.1) is 0 Å². The maximum Gasteiger partial charge on any atom is 0.325 e. The second-order valence-corrected chi connectivity index (χ2v) is 7.80. The van der Waals surface area contributed by atoms with Crippen molar-refractivity contribution in [1.82, 2.24) is 9.55 Å². The number of nitrogens with zero attached hydrogens (tertiary/aromatic N) is 2. The highest BCUT2D eigenvalue weighted by Crippen LogP contribution is 2.24. The molecule has 1 N–H and O–H groups in total. The fraction of sp³-hybridized carbons (Fsp3) is 0.238. The monoisotopic (exact) mass is 411 g/mol. The summed E-state index contributed by atoms with van der Waals surface area (Å²) < 4.78 is 5.95. The molecule has 150 valence electrons. The number of fused-ring (bicyclic) bond motifs is 1. The van der Waals surface area contributed by atoms with Gasteiger partial charge in [0, 0.05) is 5.69 Å². The molecule has 0 saturated heterocycles. The number of methoxy groups -OCH3 is 1. The zero-order valence-electron chi connectivity index (χ0n) is 16.3.